The minimum Gasteiger partial charge on any atom is -0.489 e. The molecule has 0 aliphatic rings. The van der Waals surface area contributed by atoms with Crippen molar-refractivity contribution < 1.29 is 17.9 Å². The number of aromatic nitrogens is 2. The predicted octanol–water partition coefficient (Wildman–Crippen LogP) is 4.09. The van der Waals surface area contributed by atoms with Crippen LogP contribution >= 0.6 is 11.5 Å². The van der Waals surface area contributed by atoms with Crippen molar-refractivity contribution in [1.82, 2.24) is 9.36 Å². The molecule has 0 spiro atoms. The van der Waals surface area contributed by atoms with Crippen LogP contribution in [0, 0.1) is 17.2 Å². The molecule has 0 bridgehead atoms. The van der Waals surface area contributed by atoms with Gasteiger partial charge in [0.2, 0.25) is 15.0 Å². The van der Waals surface area contributed by atoms with Gasteiger partial charge in [-0.2, -0.15) is 14.6 Å². The van der Waals surface area contributed by atoms with Crippen LogP contribution in [0.4, 0.5) is 5.13 Å². The number of hydrogen-bond donors (Lipinski definition) is 1. The van der Waals surface area contributed by atoms with E-state index in [9.17, 15) is 18.5 Å². The lowest BCUT2D eigenvalue weighted by atomic mass is 10.1. The van der Waals surface area contributed by atoms with Crippen LogP contribution in [-0.4, -0.2) is 29.4 Å². The van der Waals surface area contributed by atoms with Gasteiger partial charge in [0.1, 0.15) is 24.0 Å². The van der Waals surface area contributed by atoms with E-state index in [1.165, 1.54) is 6.08 Å². The fourth-order valence-corrected chi connectivity index (χ4v) is 5.13. The van der Waals surface area contributed by atoms with Crippen molar-refractivity contribution in [3.8, 4) is 11.8 Å². The molecule has 3 rings (SSSR count). The topological polar surface area (TPSA) is 122 Å². The molecule has 0 fully saturated rings. The van der Waals surface area contributed by atoms with E-state index in [-0.39, 0.29) is 27.5 Å². The zero-order valence-electron chi connectivity index (χ0n) is 18.1. The molecule has 0 saturated carbocycles. The molecule has 0 aliphatic heterocycles. The van der Waals surface area contributed by atoms with Crippen LogP contribution in [0.25, 0.3) is 6.08 Å². The maximum absolute atomic E-state index is 12.5. The highest BCUT2D eigenvalue weighted by Gasteiger charge is 2.23. The lowest BCUT2D eigenvalue weighted by molar-refractivity contribution is -0.112. The maximum atomic E-state index is 12.5. The van der Waals surface area contributed by atoms with Crippen molar-refractivity contribution in [2.75, 3.05) is 11.1 Å². The van der Waals surface area contributed by atoms with E-state index in [0.29, 0.717) is 17.9 Å². The number of sulfone groups is 1. The Balaban J connectivity index is 1.64. The highest BCUT2D eigenvalue weighted by atomic mass is 32.2. The Bertz CT molecular complexity index is 1280. The molecule has 10 heteroatoms. The van der Waals surface area contributed by atoms with Crippen LogP contribution in [0.15, 0.2) is 65.3 Å². The Labute approximate surface area is 196 Å². The molecule has 0 aliphatic carbocycles. The summed E-state index contributed by atoms with van der Waals surface area (Å²) < 4.78 is 34.0. The minimum atomic E-state index is -3.63. The zero-order chi connectivity index (χ0) is 23.8. The van der Waals surface area contributed by atoms with Crippen LogP contribution < -0.4 is 10.1 Å². The number of nitrogens with zero attached hydrogens (tertiary/aromatic N) is 3. The van der Waals surface area contributed by atoms with Crippen molar-refractivity contribution >= 4 is 38.5 Å². The smallest absolute Gasteiger partial charge is 0.268 e. The summed E-state index contributed by atoms with van der Waals surface area (Å²) in [5, 5.41) is 11.5. The second kappa shape index (κ2) is 10.8. The van der Waals surface area contributed by atoms with Crippen LogP contribution in [-0.2, 0) is 21.2 Å². The first kappa shape index (κ1) is 24.1. The summed E-state index contributed by atoms with van der Waals surface area (Å²) in [4.78, 5) is 16.4. The molecule has 0 unspecified atom stereocenters. The number of carbonyl (C=O) groups is 1. The number of ether oxygens (including phenoxy) is 1. The Kier molecular flexibility index (Phi) is 7.92. The Morgan fingerprint density at radius 2 is 1.88 bits per heavy atom. The van der Waals surface area contributed by atoms with Gasteiger partial charge in [-0.3, -0.25) is 10.1 Å². The molecule has 0 radical (unpaired) electrons. The third-order valence-electron chi connectivity index (χ3n) is 4.26. The number of benzene rings is 2. The number of nitriles is 1. The summed E-state index contributed by atoms with van der Waals surface area (Å²) in [6.45, 7) is 3.98. The van der Waals surface area contributed by atoms with Gasteiger partial charge in [0.25, 0.3) is 11.1 Å². The van der Waals surface area contributed by atoms with Gasteiger partial charge >= 0.3 is 0 Å². The number of rotatable bonds is 9. The number of amides is 1. The molecule has 170 valence electrons. The Morgan fingerprint density at radius 3 is 2.52 bits per heavy atom. The summed E-state index contributed by atoms with van der Waals surface area (Å²) in [6, 6.07) is 18.6. The number of carbonyl (C=O) groups excluding carboxylic acids is 1. The second-order valence-electron chi connectivity index (χ2n) is 7.52. The summed E-state index contributed by atoms with van der Waals surface area (Å²) in [5.41, 5.74) is 1.52. The van der Waals surface area contributed by atoms with E-state index in [4.69, 9.17) is 4.74 Å². The van der Waals surface area contributed by atoms with Gasteiger partial charge in [0.05, 0.1) is 5.75 Å². The lowest BCUT2D eigenvalue weighted by Crippen LogP contribution is -2.15. The summed E-state index contributed by atoms with van der Waals surface area (Å²) in [6.07, 6.45) is 1.42. The van der Waals surface area contributed by atoms with Gasteiger partial charge in [0.15, 0.2) is 0 Å². The molecule has 0 saturated heterocycles. The minimum absolute atomic E-state index is 0.00754. The quantitative estimate of drug-likeness (QED) is 0.360. The number of hydrogen-bond acceptors (Lipinski definition) is 8. The zero-order valence-corrected chi connectivity index (χ0v) is 19.7. The largest absolute Gasteiger partial charge is 0.489 e. The lowest BCUT2D eigenvalue weighted by Gasteiger charge is -2.06. The molecule has 1 N–H and O–H groups in total. The molecule has 1 amide bonds. The summed E-state index contributed by atoms with van der Waals surface area (Å²) in [5.74, 6) is -0.223. The number of anilines is 1. The van der Waals surface area contributed by atoms with Gasteiger partial charge in [-0.15, -0.1) is 0 Å². The van der Waals surface area contributed by atoms with Crippen molar-refractivity contribution in [2.24, 2.45) is 5.92 Å². The maximum Gasteiger partial charge on any atom is 0.268 e. The monoisotopic (exact) mass is 482 g/mol. The first-order chi connectivity index (χ1) is 15.8. The van der Waals surface area contributed by atoms with Gasteiger partial charge in [-0.05, 0) is 35.3 Å². The molecule has 0 atom stereocenters. The molecule has 33 heavy (non-hydrogen) atoms. The van der Waals surface area contributed by atoms with E-state index < -0.39 is 15.7 Å². The molecule has 3 aromatic rings. The van der Waals surface area contributed by atoms with Gasteiger partial charge in [-0.1, -0.05) is 56.3 Å². The molecule has 1 aromatic heterocycles. The SMILES string of the molecule is CC(C)CS(=O)(=O)c1nsc(NC(=O)C(C#N)=Cc2ccc(OCc3ccccc3)cc2)n1. The highest BCUT2D eigenvalue weighted by molar-refractivity contribution is 7.91. The second-order valence-corrected chi connectivity index (χ2v) is 10.2. The standard InChI is InChI=1S/C23H22N4O4S2/c1-16(2)15-33(29,30)23-26-22(32-27-23)25-21(28)19(13-24)12-17-8-10-20(11-9-17)31-14-18-6-4-3-5-7-18/h3-12,16H,14-15H2,1-2H3,(H,25,26,27,28). The summed E-state index contributed by atoms with van der Waals surface area (Å²) >= 11 is 0.746. The predicted molar refractivity (Wildman–Crippen MR) is 126 cm³/mol. The highest BCUT2D eigenvalue weighted by Crippen LogP contribution is 2.20. The molecule has 1 heterocycles. The van der Waals surface area contributed by atoms with Crippen molar-refractivity contribution in [3.63, 3.8) is 0 Å². The van der Waals surface area contributed by atoms with Crippen molar-refractivity contribution in [3.05, 3.63) is 71.3 Å². The van der Waals surface area contributed by atoms with Crippen molar-refractivity contribution in [1.29, 1.82) is 5.26 Å². The fourth-order valence-electron chi connectivity index (χ4n) is 2.78. The van der Waals surface area contributed by atoms with Crippen LogP contribution in [0.5, 0.6) is 5.75 Å². The molecular weight excluding hydrogens is 460 g/mol. The van der Waals surface area contributed by atoms with E-state index in [2.05, 4.69) is 14.7 Å². The van der Waals surface area contributed by atoms with Gasteiger partial charge in [-0.25, -0.2) is 8.42 Å². The van der Waals surface area contributed by atoms with Crippen LogP contribution in [0.3, 0.4) is 0 Å². The normalized spacial score (nSPS) is 11.8. The van der Waals surface area contributed by atoms with Crippen molar-refractivity contribution in [2.45, 2.75) is 25.6 Å². The van der Waals surface area contributed by atoms with E-state index in [0.717, 1.165) is 17.1 Å². The van der Waals surface area contributed by atoms with E-state index >= 15 is 0 Å². The van der Waals surface area contributed by atoms with E-state index in [1.54, 1.807) is 38.1 Å². The summed E-state index contributed by atoms with van der Waals surface area (Å²) in [7, 11) is -3.63. The van der Waals surface area contributed by atoms with Gasteiger partial charge < -0.3 is 4.74 Å². The average molecular weight is 483 g/mol. The first-order valence-corrected chi connectivity index (χ1v) is 12.5. The van der Waals surface area contributed by atoms with E-state index in [1.807, 2.05) is 36.4 Å². The first-order valence-electron chi connectivity index (χ1n) is 10.0. The molecule has 8 nitrogen and oxygen atoms in total. The molecular formula is C23H22N4O4S2. The Hall–Kier alpha value is -3.55. The van der Waals surface area contributed by atoms with Crippen LogP contribution in [0.2, 0.25) is 0 Å². The average Bonchev–Trinajstić information content (AvgIpc) is 3.26. The van der Waals surface area contributed by atoms with Gasteiger partial charge in [0, 0.05) is 11.5 Å². The molecule has 2 aromatic carbocycles. The third-order valence-corrected chi connectivity index (χ3v) is 6.85. The fraction of sp³-hybridized carbons (Fsp3) is 0.217. The van der Waals surface area contributed by atoms with Crippen LogP contribution in [0.1, 0.15) is 25.0 Å². The third kappa shape index (κ3) is 6.97. The number of nitrogens with one attached hydrogen (secondary N) is 1. The Morgan fingerprint density at radius 1 is 1.18 bits per heavy atom.